The lowest BCUT2D eigenvalue weighted by Crippen LogP contribution is -2.32. The zero-order valence-electron chi connectivity index (χ0n) is 9.54. The molecule has 86 valence electrons. The molecule has 0 aliphatic heterocycles. The van der Waals surface area contributed by atoms with Gasteiger partial charge in [-0.15, -0.1) is 0 Å². The number of ether oxygens (including phenoxy) is 1. The van der Waals surface area contributed by atoms with Crippen molar-refractivity contribution in [2.45, 2.75) is 39.5 Å². The highest BCUT2D eigenvalue weighted by atomic mass is 16.5. The average Bonchev–Trinajstić information content (AvgIpc) is 2.18. The Kier molecular flexibility index (Phi) is 6.58. The van der Waals surface area contributed by atoms with Crippen molar-refractivity contribution in [2.75, 3.05) is 7.11 Å². The third kappa shape index (κ3) is 4.23. The summed E-state index contributed by atoms with van der Waals surface area (Å²) in [4.78, 5) is 34.4. The van der Waals surface area contributed by atoms with E-state index in [1.807, 2.05) is 13.8 Å². The van der Waals surface area contributed by atoms with Crippen LogP contribution >= 0.6 is 0 Å². The Bertz CT molecular complexity index is 227. The van der Waals surface area contributed by atoms with Crippen molar-refractivity contribution in [2.24, 2.45) is 5.92 Å². The molecule has 0 fully saturated rings. The zero-order chi connectivity index (χ0) is 11.8. The standard InChI is InChI=1S/C11H18O4/c1-4-6-8(12)10(11(14)15-3)9(13)7-5-2/h10H,4-7H2,1-3H3. The molecule has 15 heavy (non-hydrogen) atoms. The molecule has 0 spiro atoms. The van der Waals surface area contributed by atoms with E-state index in [0.717, 1.165) is 0 Å². The number of hydrogen-bond acceptors (Lipinski definition) is 4. The zero-order valence-corrected chi connectivity index (χ0v) is 9.54. The van der Waals surface area contributed by atoms with E-state index in [4.69, 9.17) is 0 Å². The van der Waals surface area contributed by atoms with E-state index < -0.39 is 11.9 Å². The summed E-state index contributed by atoms with van der Waals surface area (Å²) in [6.45, 7) is 3.66. The van der Waals surface area contributed by atoms with Gasteiger partial charge in [0, 0.05) is 12.8 Å². The summed E-state index contributed by atoms with van der Waals surface area (Å²) >= 11 is 0. The number of carbonyl (C=O) groups is 3. The van der Waals surface area contributed by atoms with Gasteiger partial charge in [0.15, 0.2) is 17.5 Å². The Hall–Kier alpha value is -1.19. The van der Waals surface area contributed by atoms with Crippen LogP contribution in [0.15, 0.2) is 0 Å². The first-order valence-electron chi connectivity index (χ1n) is 5.21. The molecule has 0 saturated heterocycles. The molecule has 0 saturated carbocycles. The highest BCUT2D eigenvalue weighted by Gasteiger charge is 2.32. The third-order valence-corrected chi connectivity index (χ3v) is 2.07. The molecule has 4 nitrogen and oxygen atoms in total. The van der Waals surface area contributed by atoms with Crippen LogP contribution in [0.25, 0.3) is 0 Å². The van der Waals surface area contributed by atoms with Gasteiger partial charge in [0.2, 0.25) is 0 Å². The Labute approximate surface area is 90.0 Å². The van der Waals surface area contributed by atoms with Gasteiger partial charge >= 0.3 is 5.97 Å². The molecule has 0 aliphatic carbocycles. The molecule has 0 aromatic carbocycles. The van der Waals surface area contributed by atoms with Gasteiger partial charge in [-0.25, -0.2) is 0 Å². The van der Waals surface area contributed by atoms with Crippen molar-refractivity contribution in [1.29, 1.82) is 0 Å². The fourth-order valence-corrected chi connectivity index (χ4v) is 1.34. The van der Waals surface area contributed by atoms with Gasteiger partial charge in [0.1, 0.15) is 0 Å². The number of methoxy groups -OCH3 is 1. The number of Topliss-reactive ketones (excluding diaryl/α,β-unsaturated/α-hetero) is 2. The van der Waals surface area contributed by atoms with E-state index >= 15 is 0 Å². The second kappa shape index (κ2) is 7.15. The molecule has 0 heterocycles. The van der Waals surface area contributed by atoms with Gasteiger partial charge in [-0.1, -0.05) is 13.8 Å². The van der Waals surface area contributed by atoms with Crippen LogP contribution in [0, 0.1) is 5.92 Å². The summed E-state index contributed by atoms with van der Waals surface area (Å²) in [6, 6.07) is 0. The first-order chi connectivity index (χ1) is 7.08. The molecule has 0 aliphatic rings. The van der Waals surface area contributed by atoms with E-state index in [1.165, 1.54) is 7.11 Å². The van der Waals surface area contributed by atoms with Gasteiger partial charge < -0.3 is 4.74 Å². The second-order valence-electron chi connectivity index (χ2n) is 3.39. The van der Waals surface area contributed by atoms with Gasteiger partial charge in [-0.3, -0.25) is 14.4 Å². The van der Waals surface area contributed by atoms with Gasteiger partial charge in [-0.05, 0) is 12.8 Å². The molecule has 0 N–H and O–H groups in total. The van der Waals surface area contributed by atoms with Crippen LogP contribution in [0.3, 0.4) is 0 Å². The molecule has 0 atom stereocenters. The summed E-state index contributed by atoms with van der Waals surface area (Å²) in [7, 11) is 1.19. The molecule has 0 amide bonds. The lowest BCUT2D eigenvalue weighted by molar-refractivity contribution is -0.153. The first-order valence-corrected chi connectivity index (χ1v) is 5.21. The van der Waals surface area contributed by atoms with Crippen LogP contribution in [-0.2, 0) is 19.1 Å². The maximum Gasteiger partial charge on any atom is 0.323 e. The number of rotatable bonds is 7. The van der Waals surface area contributed by atoms with Gasteiger partial charge in [0.25, 0.3) is 0 Å². The number of carbonyl (C=O) groups excluding carboxylic acids is 3. The topological polar surface area (TPSA) is 60.4 Å². The summed E-state index contributed by atoms with van der Waals surface area (Å²) in [5.41, 5.74) is 0. The van der Waals surface area contributed by atoms with Crippen molar-refractivity contribution in [3.63, 3.8) is 0 Å². The SMILES string of the molecule is CCCC(=O)C(C(=O)CCC)C(=O)OC. The van der Waals surface area contributed by atoms with Crippen LogP contribution < -0.4 is 0 Å². The van der Waals surface area contributed by atoms with Crippen LogP contribution in [0.5, 0.6) is 0 Å². The Morgan fingerprint density at radius 1 is 1.00 bits per heavy atom. The predicted molar refractivity (Wildman–Crippen MR) is 55.3 cm³/mol. The maximum absolute atomic E-state index is 11.5. The van der Waals surface area contributed by atoms with Crippen molar-refractivity contribution in [1.82, 2.24) is 0 Å². The van der Waals surface area contributed by atoms with Gasteiger partial charge in [0.05, 0.1) is 7.11 Å². The van der Waals surface area contributed by atoms with Crippen LogP contribution in [0.1, 0.15) is 39.5 Å². The van der Waals surface area contributed by atoms with Crippen molar-refractivity contribution < 1.29 is 19.1 Å². The highest BCUT2D eigenvalue weighted by Crippen LogP contribution is 2.11. The monoisotopic (exact) mass is 214 g/mol. The van der Waals surface area contributed by atoms with E-state index in [-0.39, 0.29) is 24.4 Å². The minimum Gasteiger partial charge on any atom is -0.468 e. The highest BCUT2D eigenvalue weighted by molar-refractivity contribution is 6.17. The summed E-state index contributed by atoms with van der Waals surface area (Å²) in [5, 5.41) is 0. The average molecular weight is 214 g/mol. The molecule has 0 unspecified atom stereocenters. The van der Waals surface area contributed by atoms with E-state index in [2.05, 4.69) is 4.74 Å². The predicted octanol–water partition coefficient (Wildman–Crippen LogP) is 1.51. The lowest BCUT2D eigenvalue weighted by Gasteiger charge is -2.11. The molecular formula is C11H18O4. The Balaban J connectivity index is 4.64. The molecule has 0 bridgehead atoms. The number of esters is 1. The molecule has 0 aromatic rings. The molecule has 4 heteroatoms. The van der Waals surface area contributed by atoms with Crippen molar-refractivity contribution >= 4 is 17.5 Å². The van der Waals surface area contributed by atoms with Crippen molar-refractivity contribution in [3.05, 3.63) is 0 Å². The second-order valence-corrected chi connectivity index (χ2v) is 3.39. The smallest absolute Gasteiger partial charge is 0.323 e. The molecular weight excluding hydrogens is 196 g/mol. The van der Waals surface area contributed by atoms with Crippen LogP contribution in [-0.4, -0.2) is 24.6 Å². The quantitative estimate of drug-likeness (QED) is 0.476. The third-order valence-electron chi connectivity index (χ3n) is 2.07. The molecule has 0 aromatic heterocycles. The summed E-state index contributed by atoms with van der Waals surface area (Å²) in [5.74, 6) is -2.59. The maximum atomic E-state index is 11.5. The van der Waals surface area contributed by atoms with Crippen molar-refractivity contribution in [3.8, 4) is 0 Å². The summed E-state index contributed by atoms with van der Waals surface area (Å²) in [6.07, 6.45) is 1.75. The normalized spacial score (nSPS) is 10.1. The fourth-order valence-electron chi connectivity index (χ4n) is 1.34. The largest absolute Gasteiger partial charge is 0.468 e. The first kappa shape index (κ1) is 13.8. The van der Waals surface area contributed by atoms with E-state index in [9.17, 15) is 14.4 Å². The Morgan fingerprint density at radius 2 is 1.40 bits per heavy atom. The van der Waals surface area contributed by atoms with E-state index in [0.29, 0.717) is 12.8 Å². The van der Waals surface area contributed by atoms with Crippen LogP contribution in [0.2, 0.25) is 0 Å². The molecule has 0 rings (SSSR count). The van der Waals surface area contributed by atoms with Crippen LogP contribution in [0.4, 0.5) is 0 Å². The number of ketones is 2. The minimum atomic E-state index is -1.20. The fraction of sp³-hybridized carbons (Fsp3) is 0.727. The van der Waals surface area contributed by atoms with Gasteiger partial charge in [-0.2, -0.15) is 0 Å². The van der Waals surface area contributed by atoms with E-state index in [1.54, 1.807) is 0 Å². The summed E-state index contributed by atoms with van der Waals surface area (Å²) < 4.78 is 4.47. The minimum absolute atomic E-state index is 0.245. The Morgan fingerprint density at radius 3 is 1.67 bits per heavy atom. The lowest BCUT2D eigenvalue weighted by atomic mass is 9.93. The number of hydrogen-bond donors (Lipinski definition) is 0. The molecule has 0 radical (unpaired) electrons.